The molecule has 8 nitrogen and oxygen atoms in total. The predicted octanol–water partition coefficient (Wildman–Crippen LogP) is -0.554. The number of nitro groups is 1. The first kappa shape index (κ1) is 13.7. The number of nitrogens with one attached hydrogen (secondary N) is 1. The second-order valence-corrected chi connectivity index (χ2v) is 4.25. The fraction of sp³-hybridized carbons (Fsp3) is 0.455. The van der Waals surface area contributed by atoms with Crippen molar-refractivity contribution < 1.29 is 25.0 Å². The molecule has 1 saturated heterocycles. The van der Waals surface area contributed by atoms with Crippen molar-refractivity contribution in [3.05, 3.63) is 34.4 Å². The Morgan fingerprint density at radius 1 is 1.32 bits per heavy atom. The van der Waals surface area contributed by atoms with Gasteiger partial charge in [-0.05, 0) is 6.07 Å². The Kier molecular flexibility index (Phi) is 3.96. The molecule has 0 spiro atoms. The van der Waals surface area contributed by atoms with Crippen LogP contribution in [0.1, 0.15) is 0 Å². The number of non-ortho nitro benzene ring substituents is 1. The Morgan fingerprint density at radius 2 is 2.05 bits per heavy atom. The predicted molar refractivity (Wildman–Crippen MR) is 64.5 cm³/mol. The summed E-state index contributed by atoms with van der Waals surface area (Å²) in [6, 6.07) is 5.68. The van der Waals surface area contributed by atoms with Crippen molar-refractivity contribution in [2.45, 2.75) is 24.5 Å². The van der Waals surface area contributed by atoms with Crippen molar-refractivity contribution in [3.8, 4) is 0 Å². The van der Waals surface area contributed by atoms with Gasteiger partial charge < -0.3 is 25.4 Å². The van der Waals surface area contributed by atoms with Crippen LogP contribution in [0.2, 0.25) is 0 Å². The van der Waals surface area contributed by atoms with Gasteiger partial charge in [-0.1, -0.05) is 6.07 Å². The van der Waals surface area contributed by atoms with E-state index in [1.165, 1.54) is 18.2 Å². The summed E-state index contributed by atoms with van der Waals surface area (Å²) in [5.74, 6) is 0. The summed E-state index contributed by atoms with van der Waals surface area (Å²) in [5.41, 5.74) is 0.276. The highest BCUT2D eigenvalue weighted by molar-refractivity contribution is 5.51. The minimum absolute atomic E-state index is 0.101. The van der Waals surface area contributed by atoms with Crippen LogP contribution in [-0.4, -0.2) is 51.4 Å². The molecule has 1 aliphatic heterocycles. The monoisotopic (exact) mass is 270 g/mol. The first-order chi connectivity index (χ1) is 8.99. The summed E-state index contributed by atoms with van der Waals surface area (Å²) >= 11 is 0. The second kappa shape index (κ2) is 5.49. The molecular formula is C11H14N2O6. The summed E-state index contributed by atoms with van der Waals surface area (Å²) in [7, 11) is 0. The number of hydrogen-bond donors (Lipinski definition) is 4. The molecule has 0 saturated carbocycles. The van der Waals surface area contributed by atoms with Crippen LogP contribution < -0.4 is 5.32 Å². The minimum Gasteiger partial charge on any atom is -0.388 e. The molecule has 1 heterocycles. The minimum atomic E-state index is -1.33. The van der Waals surface area contributed by atoms with E-state index < -0.39 is 29.5 Å². The molecule has 0 unspecified atom stereocenters. The molecule has 1 aromatic rings. The lowest BCUT2D eigenvalue weighted by Gasteiger charge is -2.35. The molecule has 1 fully saturated rings. The van der Waals surface area contributed by atoms with Gasteiger partial charge in [0.15, 0.2) is 6.23 Å². The summed E-state index contributed by atoms with van der Waals surface area (Å²) in [4.78, 5) is 10.1. The van der Waals surface area contributed by atoms with E-state index in [-0.39, 0.29) is 12.3 Å². The maximum absolute atomic E-state index is 10.6. The number of aliphatic hydroxyl groups is 3. The number of rotatable bonds is 3. The van der Waals surface area contributed by atoms with Gasteiger partial charge in [0.1, 0.15) is 18.3 Å². The lowest BCUT2D eigenvalue weighted by Crippen LogP contribution is -2.55. The third kappa shape index (κ3) is 2.99. The van der Waals surface area contributed by atoms with Gasteiger partial charge in [0.2, 0.25) is 0 Å². The van der Waals surface area contributed by atoms with Gasteiger partial charge >= 0.3 is 0 Å². The highest BCUT2D eigenvalue weighted by Crippen LogP contribution is 2.21. The van der Waals surface area contributed by atoms with E-state index in [1.54, 1.807) is 6.07 Å². The van der Waals surface area contributed by atoms with Gasteiger partial charge in [-0.15, -0.1) is 0 Å². The van der Waals surface area contributed by atoms with E-state index in [0.29, 0.717) is 5.69 Å². The van der Waals surface area contributed by atoms with Crippen molar-refractivity contribution in [1.29, 1.82) is 0 Å². The van der Waals surface area contributed by atoms with Gasteiger partial charge in [0, 0.05) is 17.8 Å². The Hall–Kier alpha value is -1.74. The quantitative estimate of drug-likeness (QED) is 0.428. The van der Waals surface area contributed by atoms with Crippen LogP contribution in [0.3, 0.4) is 0 Å². The van der Waals surface area contributed by atoms with Crippen LogP contribution in [0.25, 0.3) is 0 Å². The van der Waals surface area contributed by atoms with Crippen LogP contribution in [0.4, 0.5) is 11.4 Å². The van der Waals surface area contributed by atoms with Crippen molar-refractivity contribution in [2.75, 3.05) is 11.9 Å². The molecule has 4 N–H and O–H groups in total. The van der Waals surface area contributed by atoms with Crippen LogP contribution in [0.15, 0.2) is 24.3 Å². The number of benzene rings is 1. The van der Waals surface area contributed by atoms with Crippen LogP contribution in [0, 0.1) is 10.1 Å². The normalized spacial score (nSPS) is 30.9. The number of hydrogen-bond acceptors (Lipinski definition) is 7. The molecule has 1 aromatic carbocycles. The van der Waals surface area contributed by atoms with Crippen molar-refractivity contribution in [2.24, 2.45) is 0 Å². The summed E-state index contributed by atoms with van der Waals surface area (Å²) in [6.45, 7) is -0.134. The second-order valence-electron chi connectivity index (χ2n) is 4.25. The SMILES string of the molecule is O=[N+]([O-])c1cccc(N[C@H]2OC[C@@H](O)[C@@H](O)[C@@H]2O)c1. The number of ether oxygens (including phenoxy) is 1. The molecule has 0 bridgehead atoms. The summed E-state index contributed by atoms with van der Waals surface area (Å²) in [6.07, 6.45) is -4.76. The molecule has 19 heavy (non-hydrogen) atoms. The molecule has 1 aliphatic rings. The fourth-order valence-corrected chi connectivity index (χ4v) is 1.81. The third-order valence-corrected chi connectivity index (χ3v) is 2.87. The standard InChI is InChI=1S/C11H14N2O6/c14-8-5-19-11(10(16)9(8)15)12-6-2-1-3-7(4-6)13(17)18/h1-4,8-12,14-16H,5H2/t8-,9-,10+,11+/m1/s1. The lowest BCUT2D eigenvalue weighted by atomic mass is 10.0. The van der Waals surface area contributed by atoms with Gasteiger partial charge in [-0.2, -0.15) is 0 Å². The molecule has 104 valence electrons. The average molecular weight is 270 g/mol. The van der Waals surface area contributed by atoms with E-state index >= 15 is 0 Å². The number of nitrogens with zero attached hydrogens (tertiary/aromatic N) is 1. The third-order valence-electron chi connectivity index (χ3n) is 2.87. The van der Waals surface area contributed by atoms with E-state index in [1.807, 2.05) is 0 Å². The summed E-state index contributed by atoms with van der Waals surface area (Å²) in [5, 5.41) is 41.9. The lowest BCUT2D eigenvalue weighted by molar-refractivity contribution is -0.384. The maximum atomic E-state index is 10.6. The van der Waals surface area contributed by atoms with E-state index in [0.717, 1.165) is 0 Å². The maximum Gasteiger partial charge on any atom is 0.271 e. The zero-order valence-electron chi connectivity index (χ0n) is 9.84. The van der Waals surface area contributed by atoms with Crippen molar-refractivity contribution >= 4 is 11.4 Å². The molecule has 4 atom stereocenters. The highest BCUT2D eigenvalue weighted by atomic mass is 16.6. The number of nitro benzene ring substituents is 1. The molecule has 0 aromatic heterocycles. The van der Waals surface area contributed by atoms with Gasteiger partial charge in [-0.3, -0.25) is 10.1 Å². The van der Waals surface area contributed by atoms with Gasteiger partial charge in [0.25, 0.3) is 5.69 Å². The van der Waals surface area contributed by atoms with Crippen molar-refractivity contribution in [1.82, 2.24) is 0 Å². The fourth-order valence-electron chi connectivity index (χ4n) is 1.81. The van der Waals surface area contributed by atoms with Crippen LogP contribution >= 0.6 is 0 Å². The van der Waals surface area contributed by atoms with Crippen LogP contribution in [-0.2, 0) is 4.74 Å². The Balaban J connectivity index is 2.09. The van der Waals surface area contributed by atoms with Gasteiger partial charge in [-0.25, -0.2) is 0 Å². The van der Waals surface area contributed by atoms with E-state index in [2.05, 4.69) is 5.32 Å². The van der Waals surface area contributed by atoms with Crippen LogP contribution in [0.5, 0.6) is 0 Å². The number of anilines is 1. The van der Waals surface area contributed by atoms with Crippen molar-refractivity contribution in [3.63, 3.8) is 0 Å². The first-order valence-corrected chi connectivity index (χ1v) is 5.66. The largest absolute Gasteiger partial charge is 0.388 e. The molecule has 8 heteroatoms. The summed E-state index contributed by atoms with van der Waals surface area (Å²) < 4.78 is 5.14. The molecular weight excluding hydrogens is 256 g/mol. The Labute approximate surface area is 108 Å². The topological polar surface area (TPSA) is 125 Å². The molecule has 0 aliphatic carbocycles. The van der Waals surface area contributed by atoms with E-state index in [9.17, 15) is 25.4 Å². The average Bonchev–Trinajstić information content (AvgIpc) is 2.40. The zero-order chi connectivity index (χ0) is 14.0. The first-order valence-electron chi connectivity index (χ1n) is 5.66. The molecule has 0 amide bonds. The smallest absolute Gasteiger partial charge is 0.271 e. The molecule has 0 radical (unpaired) electrons. The van der Waals surface area contributed by atoms with E-state index in [4.69, 9.17) is 4.74 Å². The van der Waals surface area contributed by atoms with Gasteiger partial charge in [0.05, 0.1) is 11.5 Å². The molecule has 2 rings (SSSR count). The number of aliphatic hydroxyl groups excluding tert-OH is 3. The zero-order valence-corrected chi connectivity index (χ0v) is 9.84. The highest BCUT2D eigenvalue weighted by Gasteiger charge is 2.37. The Bertz CT molecular complexity index is 468. The Morgan fingerprint density at radius 3 is 2.74 bits per heavy atom.